The highest BCUT2D eigenvalue weighted by molar-refractivity contribution is 5.97. The number of nitrogens with zero attached hydrogens (tertiary/aromatic N) is 2. The second-order valence-electron chi connectivity index (χ2n) is 12.4. The molecule has 2 heterocycles. The van der Waals surface area contributed by atoms with Gasteiger partial charge in [0, 0.05) is 13.1 Å². The zero-order valence-electron chi connectivity index (χ0n) is 27.7. The number of aliphatic hydroxyl groups is 4. The number of hydrogen-bond acceptors (Lipinski definition) is 12. The van der Waals surface area contributed by atoms with Crippen LogP contribution in [0.5, 0.6) is 0 Å². The molecule has 0 unspecified atom stereocenters. The van der Waals surface area contributed by atoms with Gasteiger partial charge in [-0.3, -0.25) is 28.8 Å². The maximum Gasteiger partial charge on any atom is 0.328 e. The predicted molar refractivity (Wildman–Crippen MR) is 165 cm³/mol. The molecule has 272 valence electrons. The predicted octanol–water partition coefficient (Wildman–Crippen LogP) is -5.14. The first-order valence-corrected chi connectivity index (χ1v) is 15.8. The zero-order chi connectivity index (χ0) is 36.6. The number of hydrogen-bond donors (Lipinski definition) is 10. The van der Waals surface area contributed by atoms with Crippen LogP contribution in [0, 0.1) is 0 Å². The summed E-state index contributed by atoms with van der Waals surface area (Å²) in [7, 11) is 0. The Morgan fingerprint density at radius 3 is 1.58 bits per heavy atom. The highest BCUT2D eigenvalue weighted by Gasteiger charge is 2.44. The van der Waals surface area contributed by atoms with Gasteiger partial charge in [-0.1, -0.05) is 0 Å². The third-order valence-corrected chi connectivity index (χ3v) is 8.38. The Morgan fingerprint density at radius 1 is 0.625 bits per heavy atom. The Balaban J connectivity index is 2.13. The second kappa shape index (κ2) is 17.5. The van der Waals surface area contributed by atoms with Gasteiger partial charge in [0.25, 0.3) is 0 Å². The lowest BCUT2D eigenvalue weighted by Gasteiger charge is -2.33. The van der Waals surface area contributed by atoms with Crippen molar-refractivity contribution in [2.45, 2.75) is 127 Å². The molecule has 0 bridgehead atoms. The molecule has 11 atom stereocenters. The fourth-order valence-corrected chi connectivity index (χ4v) is 5.56. The highest BCUT2D eigenvalue weighted by atomic mass is 16.4. The van der Waals surface area contributed by atoms with Crippen molar-refractivity contribution in [2.75, 3.05) is 13.1 Å². The van der Waals surface area contributed by atoms with Crippen LogP contribution in [0.2, 0.25) is 0 Å². The molecule has 2 aliphatic heterocycles. The van der Waals surface area contributed by atoms with E-state index in [0.717, 1.165) is 6.92 Å². The highest BCUT2D eigenvalue weighted by Crippen LogP contribution is 2.26. The Kier molecular flexibility index (Phi) is 14.7. The molecule has 0 aromatic rings. The number of nitrogens with one attached hydrogen (secondary N) is 4. The summed E-state index contributed by atoms with van der Waals surface area (Å²) in [5.41, 5.74) is 5.60. The average molecular weight is 688 g/mol. The SMILES string of the molecule is C[C@H](NC(=O)[C@@H](NC(=O)[C@@H](N)[C@@H](C)O)[C@@H](C)O)C(=O)N1CCC[C@H]1C(=O)N1CCC[C@H]1C(=O)N[C@H](C(=O)N[C@H](C(=O)O)[C@@H](C)O)[C@@H](C)O. The van der Waals surface area contributed by atoms with Crippen LogP contribution in [0.1, 0.15) is 60.3 Å². The molecule has 0 saturated carbocycles. The number of carboxylic acids is 1. The van der Waals surface area contributed by atoms with E-state index in [1.807, 2.05) is 0 Å². The van der Waals surface area contributed by atoms with Crippen LogP contribution >= 0.6 is 0 Å². The summed E-state index contributed by atoms with van der Waals surface area (Å²) in [6.45, 7) is 6.54. The monoisotopic (exact) mass is 687 g/mol. The van der Waals surface area contributed by atoms with E-state index in [0.29, 0.717) is 12.8 Å². The van der Waals surface area contributed by atoms with Crippen molar-refractivity contribution in [3.05, 3.63) is 0 Å². The van der Waals surface area contributed by atoms with E-state index in [2.05, 4.69) is 21.3 Å². The van der Waals surface area contributed by atoms with E-state index in [9.17, 15) is 59.1 Å². The van der Waals surface area contributed by atoms with Crippen LogP contribution in [-0.2, 0) is 33.6 Å². The minimum Gasteiger partial charge on any atom is -0.480 e. The van der Waals surface area contributed by atoms with Crippen molar-refractivity contribution < 1.29 is 59.1 Å². The molecule has 2 fully saturated rings. The van der Waals surface area contributed by atoms with Crippen molar-refractivity contribution in [1.29, 1.82) is 0 Å². The van der Waals surface area contributed by atoms with Gasteiger partial charge in [0.05, 0.1) is 24.4 Å². The van der Waals surface area contributed by atoms with Gasteiger partial charge in [0.15, 0.2) is 6.04 Å². The molecule has 6 amide bonds. The molecule has 19 nitrogen and oxygen atoms in total. The van der Waals surface area contributed by atoms with Crippen LogP contribution in [0.15, 0.2) is 0 Å². The molecule has 11 N–H and O–H groups in total. The van der Waals surface area contributed by atoms with Gasteiger partial charge < -0.3 is 62.3 Å². The molecule has 2 rings (SSSR count). The Morgan fingerprint density at radius 2 is 1.08 bits per heavy atom. The number of likely N-dealkylation sites (tertiary alicyclic amines) is 2. The van der Waals surface area contributed by atoms with Crippen molar-refractivity contribution >= 4 is 41.4 Å². The van der Waals surface area contributed by atoms with Gasteiger partial charge in [0.1, 0.15) is 36.3 Å². The number of carbonyl (C=O) groups excluding carboxylic acids is 6. The van der Waals surface area contributed by atoms with Crippen LogP contribution in [0.3, 0.4) is 0 Å². The summed E-state index contributed by atoms with van der Waals surface area (Å²) >= 11 is 0. The van der Waals surface area contributed by atoms with Gasteiger partial charge in [0.2, 0.25) is 35.4 Å². The van der Waals surface area contributed by atoms with Crippen LogP contribution in [0.25, 0.3) is 0 Å². The lowest BCUT2D eigenvalue weighted by molar-refractivity contribution is -0.148. The number of aliphatic carboxylic acids is 1. The lowest BCUT2D eigenvalue weighted by atomic mass is 10.1. The Labute approximate surface area is 277 Å². The molecule has 0 aromatic carbocycles. The molecule has 2 aliphatic rings. The lowest BCUT2D eigenvalue weighted by Crippen LogP contribution is -2.61. The number of amides is 6. The minimum atomic E-state index is -1.71. The summed E-state index contributed by atoms with van der Waals surface area (Å²) in [6, 6.07) is -9.45. The van der Waals surface area contributed by atoms with Crippen molar-refractivity contribution in [3.63, 3.8) is 0 Å². The van der Waals surface area contributed by atoms with E-state index in [-0.39, 0.29) is 25.9 Å². The topological polar surface area (TPSA) is 301 Å². The molecule has 2 saturated heterocycles. The van der Waals surface area contributed by atoms with Crippen molar-refractivity contribution in [1.82, 2.24) is 31.1 Å². The average Bonchev–Trinajstić information content (AvgIpc) is 3.69. The van der Waals surface area contributed by atoms with Gasteiger partial charge in [-0.2, -0.15) is 0 Å². The van der Waals surface area contributed by atoms with E-state index in [1.54, 1.807) is 0 Å². The minimum absolute atomic E-state index is 0.154. The summed E-state index contributed by atoms with van der Waals surface area (Å²) < 4.78 is 0. The summed E-state index contributed by atoms with van der Waals surface area (Å²) in [5, 5.41) is 57.9. The van der Waals surface area contributed by atoms with Crippen molar-refractivity contribution in [3.8, 4) is 0 Å². The van der Waals surface area contributed by atoms with Gasteiger partial charge >= 0.3 is 5.97 Å². The smallest absolute Gasteiger partial charge is 0.328 e. The maximum atomic E-state index is 13.7. The van der Waals surface area contributed by atoms with E-state index in [1.165, 1.54) is 37.5 Å². The largest absolute Gasteiger partial charge is 0.480 e. The second-order valence-corrected chi connectivity index (χ2v) is 12.4. The maximum absolute atomic E-state index is 13.7. The zero-order valence-corrected chi connectivity index (χ0v) is 27.7. The summed E-state index contributed by atoms with van der Waals surface area (Å²) in [6.07, 6.45) is -4.27. The quantitative estimate of drug-likeness (QED) is 0.0771. The Bertz CT molecular complexity index is 1210. The van der Waals surface area contributed by atoms with E-state index < -0.39 is 108 Å². The molecule has 19 heteroatoms. The molecular weight excluding hydrogens is 638 g/mol. The third kappa shape index (κ3) is 10.0. The summed E-state index contributed by atoms with van der Waals surface area (Å²) in [5.74, 6) is -6.36. The summed E-state index contributed by atoms with van der Waals surface area (Å²) in [4.78, 5) is 92.4. The number of carbonyl (C=O) groups is 7. The fraction of sp³-hybridized carbons (Fsp3) is 0.759. The van der Waals surface area contributed by atoms with Crippen molar-refractivity contribution in [2.24, 2.45) is 5.73 Å². The first-order chi connectivity index (χ1) is 22.3. The number of nitrogens with two attached hydrogens (primary N) is 1. The first kappa shape index (κ1) is 40.3. The van der Waals surface area contributed by atoms with Gasteiger partial charge in [-0.05, 0) is 60.3 Å². The first-order valence-electron chi connectivity index (χ1n) is 15.8. The Hall–Kier alpha value is -3.91. The third-order valence-electron chi connectivity index (χ3n) is 8.38. The molecule has 48 heavy (non-hydrogen) atoms. The normalized spacial score (nSPS) is 23.4. The number of carboxylic acid groups (broad SMARTS) is 1. The molecule has 0 spiro atoms. The molecular formula is C29H49N7O12. The fourth-order valence-electron chi connectivity index (χ4n) is 5.56. The number of aliphatic hydroxyl groups excluding tert-OH is 4. The van der Waals surface area contributed by atoms with Crippen LogP contribution in [-0.4, -0.2) is 157 Å². The van der Waals surface area contributed by atoms with Crippen LogP contribution in [0.4, 0.5) is 0 Å². The van der Waals surface area contributed by atoms with E-state index >= 15 is 0 Å². The molecule has 0 radical (unpaired) electrons. The van der Waals surface area contributed by atoms with Gasteiger partial charge in [-0.25, -0.2) is 4.79 Å². The standard InChI is InChI=1S/C29H49N7O12/c1-12(31-25(43)20(14(3)38)33-24(42)19(30)13(2)37)27(45)36-11-7-9-18(36)28(46)35-10-6-8-17(35)23(41)32-21(15(4)39)26(44)34-22(16(5)40)29(47)48/h12-22,37-40H,6-11,30H2,1-5H3,(H,31,43)(H,32,41)(H,33,42)(H,34,44)(H,47,48)/t12-,13+,14+,15+,16+,17-,18-,19-,20-,21-,22-/m0/s1. The van der Waals surface area contributed by atoms with Crippen LogP contribution < -0.4 is 27.0 Å². The van der Waals surface area contributed by atoms with E-state index in [4.69, 9.17) is 5.73 Å². The molecule has 0 aromatic heterocycles. The molecule has 0 aliphatic carbocycles. The number of rotatable bonds is 15. The van der Waals surface area contributed by atoms with Gasteiger partial charge in [-0.15, -0.1) is 0 Å².